The molecule has 12 heavy (non-hydrogen) atoms. The summed E-state index contributed by atoms with van der Waals surface area (Å²) in [4.78, 5) is 10.7. The smallest absolute Gasteiger partial charge is 0.299 e. The van der Waals surface area contributed by atoms with E-state index in [4.69, 9.17) is 0 Å². The highest BCUT2D eigenvalue weighted by Gasteiger charge is 2.31. The van der Waals surface area contributed by atoms with E-state index in [0.717, 1.165) is 12.8 Å². The molecule has 1 saturated carbocycles. The first-order valence-electron chi connectivity index (χ1n) is 4.06. The molecule has 1 fully saturated rings. The Morgan fingerprint density at radius 1 is 1.33 bits per heavy atom. The van der Waals surface area contributed by atoms with Crippen LogP contribution in [-0.4, -0.2) is 12.0 Å². The first-order chi connectivity index (χ1) is 5.47. The molecular formula is C8H11F3O. The Morgan fingerprint density at radius 3 is 2.33 bits per heavy atom. The van der Waals surface area contributed by atoms with Crippen LogP contribution in [-0.2, 0) is 4.79 Å². The number of alkyl halides is 3. The minimum atomic E-state index is -4.32. The third-order valence-corrected chi connectivity index (χ3v) is 1.93. The summed E-state index contributed by atoms with van der Waals surface area (Å²) in [6.07, 6.45) is -2.65. The predicted molar refractivity (Wildman–Crippen MR) is 37.6 cm³/mol. The summed E-state index contributed by atoms with van der Waals surface area (Å²) in [5.41, 5.74) is 0. The van der Waals surface area contributed by atoms with Crippen LogP contribution in [0.5, 0.6) is 0 Å². The third-order valence-electron chi connectivity index (χ3n) is 1.93. The molecule has 0 aromatic carbocycles. The van der Waals surface area contributed by atoms with Crippen LogP contribution in [0.1, 0.15) is 32.1 Å². The van der Waals surface area contributed by atoms with Crippen LogP contribution in [0, 0.1) is 5.92 Å². The Kier molecular flexibility index (Phi) is 2.75. The van der Waals surface area contributed by atoms with Crippen LogP contribution in [0.15, 0.2) is 0 Å². The van der Waals surface area contributed by atoms with Crippen molar-refractivity contribution in [2.45, 2.75) is 38.3 Å². The number of halogens is 3. The van der Waals surface area contributed by atoms with Gasteiger partial charge in [0.2, 0.25) is 0 Å². The molecule has 0 radical (unpaired) electrons. The van der Waals surface area contributed by atoms with Crippen molar-refractivity contribution in [3.05, 3.63) is 0 Å². The van der Waals surface area contributed by atoms with Gasteiger partial charge in [-0.3, -0.25) is 4.79 Å². The summed E-state index contributed by atoms with van der Waals surface area (Å²) in [6, 6.07) is 0. The molecule has 1 aliphatic rings. The highest BCUT2D eigenvalue weighted by Crippen LogP contribution is 2.34. The topological polar surface area (TPSA) is 17.1 Å². The van der Waals surface area contributed by atoms with E-state index in [2.05, 4.69) is 0 Å². The van der Waals surface area contributed by atoms with Gasteiger partial charge in [-0.1, -0.05) is 12.8 Å². The highest BCUT2D eigenvalue weighted by molar-refractivity contribution is 5.78. The van der Waals surface area contributed by atoms with E-state index < -0.39 is 18.4 Å². The molecule has 1 nitrogen and oxygen atoms in total. The van der Waals surface area contributed by atoms with E-state index in [9.17, 15) is 18.0 Å². The molecule has 0 bridgehead atoms. The quantitative estimate of drug-likeness (QED) is 0.650. The van der Waals surface area contributed by atoms with Crippen LogP contribution < -0.4 is 0 Å². The van der Waals surface area contributed by atoms with Crippen molar-refractivity contribution in [1.82, 2.24) is 0 Å². The van der Waals surface area contributed by atoms with Gasteiger partial charge >= 0.3 is 6.18 Å². The van der Waals surface area contributed by atoms with Crippen molar-refractivity contribution in [2.24, 2.45) is 5.92 Å². The zero-order chi connectivity index (χ0) is 9.19. The largest absolute Gasteiger partial charge is 0.395 e. The van der Waals surface area contributed by atoms with Gasteiger partial charge in [0.25, 0.3) is 0 Å². The zero-order valence-electron chi connectivity index (χ0n) is 6.66. The lowest BCUT2D eigenvalue weighted by atomic mass is 10.1. The molecule has 0 aromatic heterocycles. The SMILES string of the molecule is O=C(CCC1CC1)CC(F)(F)F. The van der Waals surface area contributed by atoms with Crippen LogP contribution in [0.25, 0.3) is 0 Å². The van der Waals surface area contributed by atoms with Crippen LogP contribution >= 0.6 is 0 Å². The molecule has 0 atom stereocenters. The molecular weight excluding hydrogens is 169 g/mol. The Labute approximate surface area is 68.9 Å². The molecule has 4 heteroatoms. The number of rotatable bonds is 4. The van der Waals surface area contributed by atoms with Crippen LogP contribution in [0.2, 0.25) is 0 Å². The second-order valence-electron chi connectivity index (χ2n) is 3.31. The summed E-state index contributed by atoms with van der Waals surface area (Å²) >= 11 is 0. The zero-order valence-corrected chi connectivity index (χ0v) is 6.66. The maximum Gasteiger partial charge on any atom is 0.395 e. The van der Waals surface area contributed by atoms with E-state index in [1.165, 1.54) is 0 Å². The van der Waals surface area contributed by atoms with Gasteiger partial charge in [-0.15, -0.1) is 0 Å². The molecule has 1 rings (SSSR count). The van der Waals surface area contributed by atoms with Gasteiger partial charge in [-0.25, -0.2) is 0 Å². The number of Topliss-reactive ketones (excluding diaryl/α,β-unsaturated/α-hetero) is 1. The average molecular weight is 180 g/mol. The summed E-state index contributed by atoms with van der Waals surface area (Å²) in [5.74, 6) is -0.142. The van der Waals surface area contributed by atoms with Gasteiger partial charge in [-0.2, -0.15) is 13.2 Å². The van der Waals surface area contributed by atoms with Gasteiger partial charge in [0.05, 0.1) is 0 Å². The summed E-state index contributed by atoms with van der Waals surface area (Å²) in [7, 11) is 0. The molecule has 0 spiro atoms. The molecule has 0 aromatic rings. The number of hydrogen-bond acceptors (Lipinski definition) is 1. The second-order valence-corrected chi connectivity index (χ2v) is 3.31. The van der Waals surface area contributed by atoms with Crippen molar-refractivity contribution in [3.8, 4) is 0 Å². The van der Waals surface area contributed by atoms with Crippen molar-refractivity contribution >= 4 is 5.78 Å². The van der Waals surface area contributed by atoms with Crippen molar-refractivity contribution in [3.63, 3.8) is 0 Å². The maximum absolute atomic E-state index is 11.6. The van der Waals surface area contributed by atoms with Crippen molar-refractivity contribution in [2.75, 3.05) is 0 Å². The predicted octanol–water partition coefficient (Wildman–Crippen LogP) is 2.70. The summed E-state index contributed by atoms with van der Waals surface area (Å²) < 4.78 is 34.9. The third kappa shape index (κ3) is 4.36. The fourth-order valence-corrected chi connectivity index (χ4v) is 1.08. The van der Waals surface area contributed by atoms with Gasteiger partial charge in [0.15, 0.2) is 0 Å². The number of carbonyl (C=O) groups is 1. The standard InChI is InChI=1S/C8H11F3O/c9-8(10,11)5-7(12)4-3-6-1-2-6/h6H,1-5H2. The minimum absolute atomic E-state index is 0.101. The van der Waals surface area contributed by atoms with Gasteiger partial charge in [-0.05, 0) is 12.3 Å². The highest BCUT2D eigenvalue weighted by atomic mass is 19.4. The molecule has 0 saturated heterocycles. The van der Waals surface area contributed by atoms with Crippen LogP contribution in [0.3, 0.4) is 0 Å². The van der Waals surface area contributed by atoms with E-state index in [0.29, 0.717) is 12.3 Å². The van der Waals surface area contributed by atoms with Crippen molar-refractivity contribution < 1.29 is 18.0 Å². The van der Waals surface area contributed by atoms with Crippen LogP contribution in [0.4, 0.5) is 13.2 Å². The summed E-state index contributed by atoms with van der Waals surface area (Å²) in [6.45, 7) is 0. The summed E-state index contributed by atoms with van der Waals surface area (Å²) in [5, 5.41) is 0. The Hall–Kier alpha value is -0.540. The molecule has 0 aliphatic heterocycles. The fraction of sp³-hybridized carbons (Fsp3) is 0.875. The lowest BCUT2D eigenvalue weighted by Crippen LogP contribution is -2.14. The van der Waals surface area contributed by atoms with E-state index in [1.54, 1.807) is 0 Å². The molecule has 0 amide bonds. The normalized spacial score (nSPS) is 17.9. The molecule has 1 aliphatic carbocycles. The first kappa shape index (κ1) is 9.55. The van der Waals surface area contributed by atoms with Gasteiger partial charge in [0, 0.05) is 6.42 Å². The number of carbonyl (C=O) groups excluding carboxylic acids is 1. The lowest BCUT2D eigenvalue weighted by molar-refractivity contribution is -0.152. The molecule has 70 valence electrons. The van der Waals surface area contributed by atoms with Crippen molar-refractivity contribution in [1.29, 1.82) is 0 Å². The average Bonchev–Trinajstić information content (AvgIpc) is 2.61. The minimum Gasteiger partial charge on any atom is -0.299 e. The maximum atomic E-state index is 11.6. The Morgan fingerprint density at radius 2 is 1.92 bits per heavy atom. The van der Waals surface area contributed by atoms with Gasteiger partial charge in [0.1, 0.15) is 12.2 Å². The fourth-order valence-electron chi connectivity index (χ4n) is 1.08. The van der Waals surface area contributed by atoms with E-state index in [1.807, 2.05) is 0 Å². The molecule has 0 unspecified atom stereocenters. The Bertz CT molecular complexity index is 170. The molecule has 0 heterocycles. The second kappa shape index (κ2) is 3.46. The van der Waals surface area contributed by atoms with E-state index >= 15 is 0 Å². The Balaban J connectivity index is 2.10. The lowest BCUT2D eigenvalue weighted by Gasteiger charge is -2.03. The first-order valence-corrected chi connectivity index (χ1v) is 4.06. The van der Waals surface area contributed by atoms with Gasteiger partial charge < -0.3 is 0 Å². The number of ketones is 1. The van der Waals surface area contributed by atoms with E-state index in [-0.39, 0.29) is 6.42 Å². The number of hydrogen-bond donors (Lipinski definition) is 0. The monoisotopic (exact) mass is 180 g/mol. The molecule has 0 N–H and O–H groups in total.